The molecular weight excluding hydrogens is 179 g/mol. The zero-order valence-corrected chi connectivity index (χ0v) is 9.37. The second kappa shape index (κ2) is 5.26. The van der Waals surface area contributed by atoms with Crippen LogP contribution in [0.25, 0.3) is 0 Å². The fourth-order valence-corrected chi connectivity index (χ4v) is 2.76. The SMILES string of the molecule is CCOP(C)(=S)O[C@@H](C)CC. The quantitative estimate of drug-likeness (QED) is 0.630. The average molecular weight is 196 g/mol. The molecule has 0 aromatic carbocycles. The van der Waals surface area contributed by atoms with E-state index in [4.69, 9.17) is 20.9 Å². The molecule has 4 heteroatoms. The van der Waals surface area contributed by atoms with Gasteiger partial charge in [-0.25, -0.2) is 0 Å². The Morgan fingerprint density at radius 2 is 2.00 bits per heavy atom. The highest BCUT2D eigenvalue weighted by atomic mass is 32.5. The van der Waals surface area contributed by atoms with Crippen LogP contribution in [0.1, 0.15) is 27.2 Å². The Kier molecular flexibility index (Phi) is 5.53. The van der Waals surface area contributed by atoms with Crippen molar-refractivity contribution in [2.75, 3.05) is 13.3 Å². The Bertz CT molecular complexity index is 149. The normalized spacial score (nSPS) is 19.3. The van der Waals surface area contributed by atoms with E-state index >= 15 is 0 Å². The molecule has 0 heterocycles. The summed E-state index contributed by atoms with van der Waals surface area (Å²) in [6.45, 7) is 6.61. The maximum absolute atomic E-state index is 5.53. The Hall–Kier alpha value is 0.570. The molecule has 0 aliphatic heterocycles. The van der Waals surface area contributed by atoms with Gasteiger partial charge in [0.15, 0.2) is 6.49 Å². The predicted octanol–water partition coefficient (Wildman–Crippen LogP) is 2.78. The molecule has 0 aromatic rings. The third kappa shape index (κ3) is 5.80. The fourth-order valence-electron chi connectivity index (χ4n) is 0.666. The van der Waals surface area contributed by atoms with E-state index in [1.165, 1.54) is 0 Å². The molecule has 0 rings (SSSR count). The van der Waals surface area contributed by atoms with E-state index in [0.717, 1.165) is 6.42 Å². The van der Waals surface area contributed by atoms with Gasteiger partial charge < -0.3 is 9.05 Å². The molecule has 0 saturated carbocycles. The van der Waals surface area contributed by atoms with Gasteiger partial charge in [-0.1, -0.05) is 6.92 Å². The van der Waals surface area contributed by atoms with Gasteiger partial charge in [-0.3, -0.25) is 0 Å². The molecule has 0 aromatic heterocycles. The molecule has 1 unspecified atom stereocenters. The smallest absolute Gasteiger partial charge is 0.185 e. The topological polar surface area (TPSA) is 18.5 Å². The second-order valence-corrected chi connectivity index (χ2v) is 6.51. The van der Waals surface area contributed by atoms with Crippen molar-refractivity contribution in [3.63, 3.8) is 0 Å². The molecule has 2 atom stereocenters. The molecule has 11 heavy (non-hydrogen) atoms. The predicted molar refractivity (Wildman–Crippen MR) is 52.7 cm³/mol. The fraction of sp³-hybridized carbons (Fsp3) is 1.00. The van der Waals surface area contributed by atoms with Crippen LogP contribution in [0.4, 0.5) is 0 Å². The van der Waals surface area contributed by atoms with Crippen molar-refractivity contribution in [2.24, 2.45) is 0 Å². The van der Waals surface area contributed by atoms with E-state index in [1.807, 2.05) is 20.5 Å². The lowest BCUT2D eigenvalue weighted by Gasteiger charge is -2.20. The number of hydrogen-bond acceptors (Lipinski definition) is 3. The number of rotatable bonds is 5. The van der Waals surface area contributed by atoms with Crippen LogP contribution >= 0.6 is 6.49 Å². The van der Waals surface area contributed by atoms with Gasteiger partial charge >= 0.3 is 0 Å². The summed E-state index contributed by atoms with van der Waals surface area (Å²) in [5.74, 6) is 0. The van der Waals surface area contributed by atoms with E-state index in [0.29, 0.717) is 6.61 Å². The minimum absolute atomic E-state index is 0.220. The molecule has 0 bridgehead atoms. The lowest BCUT2D eigenvalue weighted by Crippen LogP contribution is -2.05. The standard InChI is InChI=1S/C7H17O2PS/c1-5-7(3)9-10(4,11)8-6-2/h7H,5-6H2,1-4H3/t7-,10?/m0/s1. The Morgan fingerprint density at radius 1 is 1.45 bits per heavy atom. The summed E-state index contributed by atoms with van der Waals surface area (Å²) in [6, 6.07) is 0. The van der Waals surface area contributed by atoms with Crippen LogP contribution in [0.15, 0.2) is 0 Å². The van der Waals surface area contributed by atoms with E-state index in [-0.39, 0.29) is 6.10 Å². The minimum Gasteiger partial charge on any atom is -0.330 e. The zero-order valence-electron chi connectivity index (χ0n) is 7.66. The van der Waals surface area contributed by atoms with Crippen LogP contribution in [-0.4, -0.2) is 19.4 Å². The van der Waals surface area contributed by atoms with Crippen LogP contribution in [0.3, 0.4) is 0 Å². The third-order valence-electron chi connectivity index (χ3n) is 1.31. The molecule has 68 valence electrons. The molecule has 0 saturated heterocycles. The number of hydrogen-bond donors (Lipinski definition) is 0. The molecule has 0 N–H and O–H groups in total. The molecule has 0 radical (unpaired) electrons. The van der Waals surface area contributed by atoms with Gasteiger partial charge in [0.05, 0.1) is 12.7 Å². The summed E-state index contributed by atoms with van der Waals surface area (Å²) < 4.78 is 10.8. The van der Waals surface area contributed by atoms with Crippen LogP contribution < -0.4 is 0 Å². The third-order valence-corrected chi connectivity index (χ3v) is 3.35. The Morgan fingerprint density at radius 3 is 2.36 bits per heavy atom. The van der Waals surface area contributed by atoms with Crippen LogP contribution in [0, 0.1) is 0 Å². The summed E-state index contributed by atoms with van der Waals surface area (Å²) in [4.78, 5) is 0. The van der Waals surface area contributed by atoms with Crippen LogP contribution in [0.2, 0.25) is 0 Å². The van der Waals surface area contributed by atoms with E-state index < -0.39 is 6.49 Å². The Balaban J connectivity index is 3.81. The summed E-state index contributed by atoms with van der Waals surface area (Å²) in [5, 5.41) is 0. The highest BCUT2D eigenvalue weighted by molar-refractivity contribution is 8.09. The molecule has 0 aliphatic rings. The highest BCUT2D eigenvalue weighted by Crippen LogP contribution is 2.45. The van der Waals surface area contributed by atoms with Crippen molar-refractivity contribution in [3.05, 3.63) is 0 Å². The molecule has 0 spiro atoms. The zero-order chi connectivity index (χ0) is 8.91. The van der Waals surface area contributed by atoms with Gasteiger partial charge in [0.25, 0.3) is 0 Å². The first kappa shape index (κ1) is 11.6. The van der Waals surface area contributed by atoms with E-state index in [9.17, 15) is 0 Å². The van der Waals surface area contributed by atoms with Crippen molar-refractivity contribution < 1.29 is 9.05 Å². The van der Waals surface area contributed by atoms with Gasteiger partial charge in [0.2, 0.25) is 0 Å². The summed E-state index contributed by atoms with van der Waals surface area (Å²) >= 11 is 5.15. The molecule has 0 aliphatic carbocycles. The van der Waals surface area contributed by atoms with Crippen molar-refractivity contribution in [1.29, 1.82) is 0 Å². The van der Waals surface area contributed by atoms with Crippen molar-refractivity contribution in [2.45, 2.75) is 33.3 Å². The van der Waals surface area contributed by atoms with Crippen LogP contribution in [-0.2, 0) is 20.9 Å². The van der Waals surface area contributed by atoms with E-state index in [1.54, 1.807) is 0 Å². The van der Waals surface area contributed by atoms with Crippen molar-refractivity contribution in [3.8, 4) is 0 Å². The highest BCUT2D eigenvalue weighted by Gasteiger charge is 2.13. The van der Waals surface area contributed by atoms with Gasteiger partial charge in [-0.15, -0.1) is 0 Å². The maximum atomic E-state index is 5.53. The van der Waals surface area contributed by atoms with Gasteiger partial charge in [0.1, 0.15) is 0 Å². The van der Waals surface area contributed by atoms with Gasteiger partial charge in [-0.2, -0.15) is 0 Å². The molecule has 0 amide bonds. The first-order valence-corrected chi connectivity index (χ1v) is 7.00. The average Bonchev–Trinajstić information content (AvgIpc) is 1.86. The lowest BCUT2D eigenvalue weighted by molar-refractivity contribution is 0.194. The molecule has 2 nitrogen and oxygen atoms in total. The van der Waals surface area contributed by atoms with Crippen LogP contribution in [0.5, 0.6) is 0 Å². The second-order valence-electron chi connectivity index (χ2n) is 2.51. The maximum Gasteiger partial charge on any atom is 0.185 e. The summed E-state index contributed by atoms with van der Waals surface area (Å²) in [7, 11) is 0. The van der Waals surface area contributed by atoms with Gasteiger partial charge in [-0.05, 0) is 32.1 Å². The van der Waals surface area contributed by atoms with Crippen molar-refractivity contribution >= 4 is 18.3 Å². The largest absolute Gasteiger partial charge is 0.330 e. The minimum atomic E-state index is -1.93. The lowest BCUT2D eigenvalue weighted by atomic mass is 10.3. The Labute approximate surface area is 74.4 Å². The first-order valence-electron chi connectivity index (χ1n) is 3.92. The summed E-state index contributed by atoms with van der Waals surface area (Å²) in [6.07, 6.45) is 1.21. The van der Waals surface area contributed by atoms with E-state index in [2.05, 4.69) is 6.92 Å². The molecule has 0 fully saturated rings. The first-order chi connectivity index (χ1) is 5.02. The summed E-state index contributed by atoms with van der Waals surface area (Å²) in [5.41, 5.74) is 0. The van der Waals surface area contributed by atoms with Gasteiger partial charge in [0, 0.05) is 6.66 Å². The van der Waals surface area contributed by atoms with Crippen molar-refractivity contribution in [1.82, 2.24) is 0 Å². The monoisotopic (exact) mass is 196 g/mol. The molecular formula is C7H17O2PS.